The Morgan fingerprint density at radius 1 is 0.654 bits per heavy atom. The van der Waals surface area contributed by atoms with Crippen molar-refractivity contribution in [2.75, 3.05) is 0 Å². The van der Waals surface area contributed by atoms with Gasteiger partial charge in [-0.1, -0.05) is 90.0 Å². The zero-order valence-corrected chi connectivity index (χ0v) is 17.5. The Morgan fingerprint density at radius 3 is 1.38 bits per heavy atom. The van der Waals surface area contributed by atoms with Gasteiger partial charge in [0, 0.05) is 18.6 Å². The Bertz CT molecular complexity index is 456. The summed E-state index contributed by atoms with van der Waals surface area (Å²) in [6.45, 7) is 3.47. The molecular formula is C21H40NO3S+. The summed E-state index contributed by atoms with van der Waals surface area (Å²) in [6.07, 6.45) is 24.4. The number of aromatic nitrogens is 1. The van der Waals surface area contributed by atoms with E-state index in [1.54, 1.807) is 0 Å². The van der Waals surface area contributed by atoms with Crippen LogP contribution in [0, 0.1) is 0 Å². The standard InChI is InChI=1S/C21H38N.H2O3S/c1-2-3-4-5-6-7-8-9-10-11-12-13-14-16-19-22-20-17-15-18-21-22;1-4(2)3/h15,17-18,20-21H,2-14,16,19H2,1H3;4H,(H,1,2,3)/q+1;. The highest BCUT2D eigenvalue weighted by Gasteiger charge is 1.98. The summed E-state index contributed by atoms with van der Waals surface area (Å²) in [7, 11) is -3.12. The molecule has 0 aromatic carbocycles. The molecule has 26 heavy (non-hydrogen) atoms. The van der Waals surface area contributed by atoms with E-state index in [0.717, 1.165) is 0 Å². The molecule has 152 valence electrons. The second-order valence-corrected chi connectivity index (χ2v) is 7.42. The third kappa shape index (κ3) is 21.1. The van der Waals surface area contributed by atoms with E-state index in [9.17, 15) is 0 Å². The van der Waals surface area contributed by atoms with Gasteiger partial charge in [-0.15, -0.1) is 0 Å². The van der Waals surface area contributed by atoms with Gasteiger partial charge in [0.2, 0.25) is 0 Å². The van der Waals surface area contributed by atoms with Gasteiger partial charge in [0.1, 0.15) is 6.54 Å². The minimum Gasteiger partial charge on any atom is -0.288 e. The van der Waals surface area contributed by atoms with Crippen LogP contribution in [0.15, 0.2) is 30.6 Å². The zero-order valence-electron chi connectivity index (χ0n) is 16.7. The maximum absolute atomic E-state index is 8.59. The van der Waals surface area contributed by atoms with Crippen molar-refractivity contribution in [2.24, 2.45) is 0 Å². The van der Waals surface area contributed by atoms with Gasteiger partial charge >= 0.3 is 0 Å². The van der Waals surface area contributed by atoms with Gasteiger partial charge in [0.15, 0.2) is 12.4 Å². The molecule has 0 fully saturated rings. The third-order valence-electron chi connectivity index (χ3n) is 4.55. The largest absolute Gasteiger partial charge is 0.288 e. The molecule has 0 radical (unpaired) electrons. The van der Waals surface area contributed by atoms with E-state index in [1.165, 1.54) is 96.4 Å². The fraction of sp³-hybridized carbons (Fsp3) is 0.762. The van der Waals surface area contributed by atoms with Gasteiger partial charge in [0.05, 0.1) is 0 Å². The van der Waals surface area contributed by atoms with Crippen LogP contribution < -0.4 is 4.57 Å². The molecule has 0 atom stereocenters. The van der Waals surface area contributed by atoms with Crippen molar-refractivity contribution in [3.63, 3.8) is 0 Å². The molecule has 0 spiro atoms. The molecule has 1 aromatic rings. The normalized spacial score (nSPS) is 10.6. The van der Waals surface area contributed by atoms with Crippen LogP contribution in [0.25, 0.3) is 0 Å². The van der Waals surface area contributed by atoms with E-state index in [1.807, 2.05) is 0 Å². The minimum absolute atomic E-state index is 1.18. The second-order valence-electron chi connectivity index (χ2n) is 6.95. The molecule has 1 aromatic heterocycles. The Balaban J connectivity index is 0.00000141. The number of nitrogens with zero attached hydrogens (tertiary/aromatic N) is 1. The zero-order chi connectivity index (χ0) is 19.3. The van der Waals surface area contributed by atoms with E-state index in [-0.39, 0.29) is 0 Å². The smallest absolute Gasteiger partial charge is 0.254 e. The van der Waals surface area contributed by atoms with Crippen LogP contribution in [-0.4, -0.2) is 13.0 Å². The lowest BCUT2D eigenvalue weighted by molar-refractivity contribution is -0.697. The molecule has 1 N–H and O–H groups in total. The van der Waals surface area contributed by atoms with Crippen LogP contribution in [0.5, 0.6) is 0 Å². The fourth-order valence-electron chi connectivity index (χ4n) is 3.07. The van der Waals surface area contributed by atoms with Crippen LogP contribution in [0.2, 0.25) is 0 Å². The Morgan fingerprint density at radius 2 is 1.00 bits per heavy atom. The van der Waals surface area contributed by atoms with E-state index in [2.05, 4.69) is 42.1 Å². The van der Waals surface area contributed by atoms with Crippen LogP contribution in [0.4, 0.5) is 0 Å². The highest BCUT2D eigenvalue weighted by molar-refractivity contribution is 7.66. The summed E-state index contributed by atoms with van der Waals surface area (Å²) in [5, 5.41) is 0. The molecule has 1 rings (SSSR count). The van der Waals surface area contributed by atoms with Gasteiger partial charge in [-0.3, -0.25) is 4.55 Å². The predicted octanol–water partition coefficient (Wildman–Crippen LogP) is 5.53. The summed E-state index contributed by atoms with van der Waals surface area (Å²) < 4.78 is 26.5. The summed E-state index contributed by atoms with van der Waals surface area (Å²) in [5.41, 5.74) is 0. The lowest BCUT2D eigenvalue weighted by Crippen LogP contribution is -2.32. The Hall–Kier alpha value is -0.940. The summed E-state index contributed by atoms with van der Waals surface area (Å²) in [6, 6.07) is 6.31. The van der Waals surface area contributed by atoms with Gasteiger partial charge in [-0.2, -0.15) is 0 Å². The number of aryl methyl sites for hydroxylation is 1. The first-order chi connectivity index (χ1) is 12.7. The monoisotopic (exact) mass is 386 g/mol. The number of hydrogen-bond donors (Lipinski definition) is 2. The van der Waals surface area contributed by atoms with Crippen molar-refractivity contribution in [3.05, 3.63) is 30.6 Å². The number of unbranched alkanes of at least 4 members (excludes halogenated alkanes) is 13. The van der Waals surface area contributed by atoms with E-state index in [4.69, 9.17) is 13.0 Å². The number of pyridine rings is 1. The Kier molecular flexibility index (Phi) is 19.6. The fourth-order valence-corrected chi connectivity index (χ4v) is 3.07. The first-order valence-electron chi connectivity index (χ1n) is 10.4. The van der Waals surface area contributed by atoms with E-state index in [0.29, 0.717) is 0 Å². The molecule has 0 aliphatic rings. The number of hydrogen-bond acceptors (Lipinski definition) is 2. The van der Waals surface area contributed by atoms with Crippen molar-refractivity contribution in [2.45, 2.75) is 103 Å². The molecule has 0 aliphatic carbocycles. The molecule has 0 bridgehead atoms. The quantitative estimate of drug-likeness (QED) is 0.180. The highest BCUT2D eigenvalue weighted by atomic mass is 32.2. The van der Waals surface area contributed by atoms with Crippen LogP contribution in [0.3, 0.4) is 0 Å². The molecular weight excluding hydrogens is 346 g/mol. The molecule has 0 amide bonds. The summed E-state index contributed by atoms with van der Waals surface area (Å²) in [5.74, 6) is 0. The molecule has 0 unspecified atom stereocenters. The van der Waals surface area contributed by atoms with Gasteiger partial charge in [-0.25, -0.2) is 13.0 Å². The van der Waals surface area contributed by atoms with Crippen molar-refractivity contribution < 1.29 is 17.5 Å². The molecule has 0 aliphatic heterocycles. The Labute approximate surface area is 162 Å². The van der Waals surface area contributed by atoms with Crippen molar-refractivity contribution in [1.82, 2.24) is 0 Å². The first kappa shape index (κ1) is 25.1. The molecule has 0 saturated heterocycles. The minimum atomic E-state index is -3.12. The SMILES string of the molecule is CCCCCCCCCCCCCCCC[n+]1ccccc1.O=[SH](=O)O. The average Bonchev–Trinajstić information content (AvgIpc) is 2.62. The predicted molar refractivity (Wildman–Crippen MR) is 110 cm³/mol. The van der Waals surface area contributed by atoms with Crippen LogP contribution in [-0.2, 0) is 17.5 Å². The summed E-state index contributed by atoms with van der Waals surface area (Å²) in [4.78, 5) is 0. The molecule has 1 heterocycles. The van der Waals surface area contributed by atoms with Crippen molar-refractivity contribution in [1.29, 1.82) is 0 Å². The molecule has 5 heteroatoms. The molecule has 0 saturated carbocycles. The van der Waals surface area contributed by atoms with Crippen LogP contribution in [0.1, 0.15) is 96.8 Å². The second kappa shape index (κ2) is 20.4. The lowest BCUT2D eigenvalue weighted by atomic mass is 10.0. The number of thiol groups is 1. The topological polar surface area (TPSA) is 58.2 Å². The first-order valence-corrected chi connectivity index (χ1v) is 11.6. The third-order valence-corrected chi connectivity index (χ3v) is 4.55. The van der Waals surface area contributed by atoms with Gasteiger partial charge in [0.25, 0.3) is 11.0 Å². The molecule has 4 nitrogen and oxygen atoms in total. The van der Waals surface area contributed by atoms with Crippen molar-refractivity contribution in [3.8, 4) is 0 Å². The van der Waals surface area contributed by atoms with Crippen molar-refractivity contribution >= 4 is 11.0 Å². The van der Waals surface area contributed by atoms with Gasteiger partial charge < -0.3 is 0 Å². The average molecular weight is 387 g/mol. The maximum atomic E-state index is 8.59. The van der Waals surface area contributed by atoms with Crippen LogP contribution >= 0.6 is 0 Å². The van der Waals surface area contributed by atoms with E-state index >= 15 is 0 Å². The highest BCUT2D eigenvalue weighted by Crippen LogP contribution is 2.12. The maximum Gasteiger partial charge on any atom is 0.254 e. The van der Waals surface area contributed by atoms with Gasteiger partial charge in [-0.05, 0) is 6.42 Å². The van der Waals surface area contributed by atoms with E-state index < -0.39 is 11.0 Å². The lowest BCUT2D eigenvalue weighted by Gasteiger charge is -2.02. The summed E-state index contributed by atoms with van der Waals surface area (Å²) >= 11 is 0. The number of rotatable bonds is 15.